The number of carbonyl (C=O) groups is 2. The molecule has 1 fully saturated rings. The smallest absolute Gasteiger partial charge is 0.266 e. The van der Waals surface area contributed by atoms with E-state index in [4.69, 9.17) is 10.5 Å². The van der Waals surface area contributed by atoms with Gasteiger partial charge in [-0.15, -0.1) is 0 Å². The number of methoxy groups -OCH3 is 1. The second-order valence-electron chi connectivity index (χ2n) is 7.91. The molecule has 0 saturated heterocycles. The third kappa shape index (κ3) is 5.08. The third-order valence-electron chi connectivity index (χ3n) is 4.94. The zero-order chi connectivity index (χ0) is 21.9. The molecule has 1 unspecified atom stereocenters. The fourth-order valence-corrected chi connectivity index (χ4v) is 2.92. The molecule has 1 atom stereocenters. The fraction of sp³-hybridized carbons (Fsp3) is 0.450. The van der Waals surface area contributed by atoms with Crippen LogP contribution in [-0.4, -0.2) is 52.2 Å². The molecule has 1 aliphatic heterocycles. The Bertz CT molecular complexity index is 878. The summed E-state index contributed by atoms with van der Waals surface area (Å²) in [7, 11) is 1.54. The molecule has 2 amide bonds. The van der Waals surface area contributed by atoms with Gasteiger partial charge in [0.25, 0.3) is 11.8 Å². The number of ether oxygens (including phenoxy) is 1. The van der Waals surface area contributed by atoms with Crippen LogP contribution in [0.2, 0.25) is 0 Å². The quantitative estimate of drug-likeness (QED) is 0.425. The maximum atomic E-state index is 12.7. The summed E-state index contributed by atoms with van der Waals surface area (Å²) in [6.45, 7) is 3.77. The molecule has 0 aromatic carbocycles. The monoisotopic (exact) mass is 416 g/mol. The van der Waals surface area contributed by atoms with Crippen molar-refractivity contribution in [3.63, 3.8) is 0 Å². The Labute approximate surface area is 175 Å². The summed E-state index contributed by atoms with van der Waals surface area (Å²) in [6, 6.07) is 3.00. The van der Waals surface area contributed by atoms with Gasteiger partial charge in [-0.1, -0.05) is 6.07 Å². The number of hydrogen-bond acceptors (Lipinski definition) is 8. The Kier molecular flexibility index (Phi) is 6.28. The molecule has 162 valence electrons. The van der Waals surface area contributed by atoms with E-state index in [1.807, 2.05) is 13.8 Å². The van der Waals surface area contributed by atoms with E-state index in [-0.39, 0.29) is 18.2 Å². The molecule has 2 heterocycles. The van der Waals surface area contributed by atoms with Crippen molar-refractivity contribution in [1.29, 1.82) is 0 Å². The second kappa shape index (κ2) is 8.72. The minimum absolute atomic E-state index is 0.0218. The lowest BCUT2D eigenvalue weighted by atomic mass is 10.1. The maximum Gasteiger partial charge on any atom is 0.266 e. The molecule has 1 aliphatic carbocycles. The van der Waals surface area contributed by atoms with E-state index in [1.54, 1.807) is 31.5 Å². The van der Waals surface area contributed by atoms with Crippen LogP contribution in [0.25, 0.3) is 0 Å². The number of rotatable bonds is 6. The normalized spacial score (nSPS) is 21.4. The molecule has 30 heavy (non-hydrogen) atoms. The van der Waals surface area contributed by atoms with Gasteiger partial charge in [0.05, 0.1) is 18.2 Å². The second-order valence-corrected chi connectivity index (χ2v) is 7.91. The van der Waals surface area contributed by atoms with Gasteiger partial charge in [0.1, 0.15) is 5.82 Å². The molecule has 6 N–H and O–H groups in total. The maximum absolute atomic E-state index is 12.7. The Morgan fingerprint density at radius 2 is 2.20 bits per heavy atom. The highest BCUT2D eigenvalue weighted by Crippen LogP contribution is 2.24. The van der Waals surface area contributed by atoms with Gasteiger partial charge in [0, 0.05) is 31.1 Å². The van der Waals surface area contributed by atoms with E-state index < -0.39 is 29.3 Å². The van der Waals surface area contributed by atoms with Crippen molar-refractivity contribution >= 4 is 17.6 Å². The first-order valence-electron chi connectivity index (χ1n) is 9.72. The standard InChI is InChI=1S/C20H28N6O4/c1-20(2,30-3)11-26-19(29)15(18(28)24-12-6-7-12)17(27)23-10-8-14(25-26)13-5-4-9-22-16(13)21/h4-5,8-10,12,14,25,29H,6-7,11H2,1-3H3,(H2,21,22)(H,23,27)(H,24,28)/b10-8+,19-15?. The van der Waals surface area contributed by atoms with Gasteiger partial charge >= 0.3 is 0 Å². The Morgan fingerprint density at radius 1 is 1.47 bits per heavy atom. The number of nitrogen functional groups attached to an aromatic ring is 1. The van der Waals surface area contributed by atoms with Crippen LogP contribution in [-0.2, 0) is 14.3 Å². The Hall–Kier alpha value is -3.11. The van der Waals surface area contributed by atoms with Gasteiger partial charge in [-0.05, 0) is 38.8 Å². The number of nitrogens with one attached hydrogen (secondary N) is 3. The summed E-state index contributed by atoms with van der Waals surface area (Å²) in [5.41, 5.74) is 8.71. The Balaban J connectivity index is 2.02. The number of aromatic nitrogens is 1. The topological polar surface area (TPSA) is 142 Å². The predicted molar refractivity (Wildman–Crippen MR) is 110 cm³/mol. The first-order chi connectivity index (χ1) is 14.2. The zero-order valence-corrected chi connectivity index (χ0v) is 17.3. The average molecular weight is 416 g/mol. The van der Waals surface area contributed by atoms with E-state index in [1.165, 1.54) is 11.2 Å². The number of amides is 2. The summed E-state index contributed by atoms with van der Waals surface area (Å²) in [6.07, 6.45) is 6.34. The van der Waals surface area contributed by atoms with Gasteiger partial charge in [-0.3, -0.25) is 14.6 Å². The fourth-order valence-electron chi connectivity index (χ4n) is 2.92. The minimum atomic E-state index is -0.719. The van der Waals surface area contributed by atoms with E-state index in [0.717, 1.165) is 12.8 Å². The number of hydrazine groups is 1. The van der Waals surface area contributed by atoms with Crippen LogP contribution in [0.3, 0.4) is 0 Å². The number of pyridine rings is 1. The number of anilines is 1. The summed E-state index contributed by atoms with van der Waals surface area (Å²) in [4.78, 5) is 29.5. The van der Waals surface area contributed by atoms with Crippen molar-refractivity contribution in [2.45, 2.75) is 44.4 Å². The zero-order valence-electron chi connectivity index (χ0n) is 17.3. The largest absolute Gasteiger partial charge is 0.493 e. The first-order valence-corrected chi connectivity index (χ1v) is 9.72. The van der Waals surface area contributed by atoms with Crippen molar-refractivity contribution in [2.75, 3.05) is 19.4 Å². The molecule has 10 nitrogen and oxygen atoms in total. The number of carbonyl (C=O) groups excluding carboxylic acids is 2. The van der Waals surface area contributed by atoms with Crippen molar-refractivity contribution in [2.24, 2.45) is 0 Å². The summed E-state index contributed by atoms with van der Waals surface area (Å²) >= 11 is 0. The van der Waals surface area contributed by atoms with Gasteiger partial charge in [0.2, 0.25) is 5.88 Å². The van der Waals surface area contributed by atoms with Crippen LogP contribution < -0.4 is 21.8 Å². The lowest BCUT2D eigenvalue weighted by molar-refractivity contribution is -0.124. The summed E-state index contributed by atoms with van der Waals surface area (Å²) < 4.78 is 5.48. The van der Waals surface area contributed by atoms with Crippen molar-refractivity contribution < 1.29 is 19.4 Å². The van der Waals surface area contributed by atoms with Crippen molar-refractivity contribution in [3.8, 4) is 0 Å². The van der Waals surface area contributed by atoms with Gasteiger partial charge in [-0.25, -0.2) is 10.4 Å². The molecular formula is C20H28N6O4. The first kappa shape index (κ1) is 21.6. The number of aliphatic hydroxyl groups excluding tert-OH is 1. The van der Waals surface area contributed by atoms with Crippen LogP contribution in [0.15, 0.2) is 42.1 Å². The lowest BCUT2D eigenvalue weighted by Crippen LogP contribution is -2.49. The van der Waals surface area contributed by atoms with Crippen molar-refractivity contribution in [3.05, 3.63) is 47.6 Å². The molecule has 1 saturated carbocycles. The molecule has 1 aromatic rings. The molecule has 0 radical (unpaired) electrons. The molecule has 3 rings (SSSR count). The summed E-state index contributed by atoms with van der Waals surface area (Å²) in [5, 5.41) is 17.6. The highest BCUT2D eigenvalue weighted by molar-refractivity contribution is 6.19. The highest BCUT2D eigenvalue weighted by Gasteiger charge is 2.34. The molecule has 10 heteroatoms. The van der Waals surface area contributed by atoms with Crippen LogP contribution in [0, 0.1) is 0 Å². The van der Waals surface area contributed by atoms with E-state index in [9.17, 15) is 14.7 Å². The number of hydrogen-bond donors (Lipinski definition) is 5. The van der Waals surface area contributed by atoms with Crippen LogP contribution in [0.1, 0.15) is 38.3 Å². The average Bonchev–Trinajstić information content (AvgIpc) is 3.50. The molecular weight excluding hydrogens is 388 g/mol. The van der Waals surface area contributed by atoms with Gasteiger partial charge < -0.3 is 26.2 Å². The van der Waals surface area contributed by atoms with Crippen LogP contribution >= 0.6 is 0 Å². The van der Waals surface area contributed by atoms with E-state index in [0.29, 0.717) is 11.4 Å². The number of aliphatic hydroxyl groups is 1. The predicted octanol–water partition coefficient (Wildman–Crippen LogP) is 0.628. The van der Waals surface area contributed by atoms with E-state index in [2.05, 4.69) is 21.0 Å². The van der Waals surface area contributed by atoms with Crippen LogP contribution in [0.4, 0.5) is 5.82 Å². The third-order valence-corrected chi connectivity index (χ3v) is 4.94. The molecule has 2 aliphatic rings. The lowest BCUT2D eigenvalue weighted by Gasteiger charge is -2.35. The minimum Gasteiger partial charge on any atom is -0.493 e. The Morgan fingerprint density at radius 3 is 2.83 bits per heavy atom. The molecule has 1 aromatic heterocycles. The SMILES string of the molecule is COC(C)(C)CN1NC(c2cccnc2N)/C=C/NC(=O)C(C(=O)NC2CC2)=C1O. The highest BCUT2D eigenvalue weighted by atomic mass is 16.5. The van der Waals surface area contributed by atoms with Gasteiger partial charge in [-0.2, -0.15) is 0 Å². The van der Waals surface area contributed by atoms with E-state index >= 15 is 0 Å². The van der Waals surface area contributed by atoms with Gasteiger partial charge in [0.15, 0.2) is 5.57 Å². The summed E-state index contributed by atoms with van der Waals surface area (Å²) in [5.74, 6) is -1.57. The van der Waals surface area contributed by atoms with Crippen molar-refractivity contribution in [1.82, 2.24) is 26.1 Å². The molecule has 0 bridgehead atoms. The van der Waals surface area contributed by atoms with Crippen LogP contribution in [0.5, 0.6) is 0 Å². The number of nitrogens with two attached hydrogens (primary N) is 1. The molecule has 0 spiro atoms. The number of nitrogens with zero attached hydrogens (tertiary/aromatic N) is 2.